The lowest BCUT2D eigenvalue weighted by molar-refractivity contribution is -0.122. The molecular weight excluding hydrogens is 318 g/mol. The van der Waals surface area contributed by atoms with E-state index in [0.717, 1.165) is 0 Å². The van der Waals surface area contributed by atoms with E-state index in [4.69, 9.17) is 4.74 Å². The molecule has 0 saturated carbocycles. The average Bonchev–Trinajstić information content (AvgIpc) is 2.99. The Morgan fingerprint density at radius 3 is 2.39 bits per heavy atom. The van der Waals surface area contributed by atoms with Gasteiger partial charge in [0.15, 0.2) is 0 Å². The summed E-state index contributed by atoms with van der Waals surface area (Å²) >= 11 is 0. The molecule has 1 fully saturated rings. The van der Waals surface area contributed by atoms with Gasteiger partial charge in [-0.3, -0.25) is 9.52 Å². The normalized spacial score (nSPS) is 21.4. The fourth-order valence-corrected chi connectivity index (χ4v) is 3.16. The van der Waals surface area contributed by atoms with E-state index in [2.05, 4.69) is 14.8 Å². The lowest BCUT2D eigenvalue weighted by Crippen LogP contribution is -2.32. The van der Waals surface area contributed by atoms with E-state index in [0.29, 0.717) is 24.4 Å². The minimum absolute atomic E-state index is 0.0586. The third kappa shape index (κ3) is 4.66. The molecule has 1 aliphatic heterocycles. The maximum Gasteiger partial charge on any atom is 0.298 e. The van der Waals surface area contributed by atoms with Gasteiger partial charge >= 0.3 is 0 Å². The van der Waals surface area contributed by atoms with Crippen molar-refractivity contribution in [3.05, 3.63) is 24.3 Å². The zero-order chi connectivity index (χ0) is 17.0. The van der Waals surface area contributed by atoms with Crippen LogP contribution in [-0.4, -0.2) is 34.1 Å². The molecule has 0 radical (unpaired) electrons. The molecule has 128 valence electrons. The van der Waals surface area contributed by atoms with E-state index >= 15 is 0 Å². The van der Waals surface area contributed by atoms with E-state index in [-0.39, 0.29) is 23.8 Å². The number of carbonyl (C=O) groups excluding carboxylic acids is 1. The molecule has 1 saturated heterocycles. The van der Waals surface area contributed by atoms with Gasteiger partial charge in [-0.15, -0.1) is 0 Å². The molecule has 0 bridgehead atoms. The molecule has 2 rings (SSSR count). The third-order valence-corrected chi connectivity index (χ3v) is 4.84. The number of nitrogens with one attached hydrogen (secondary N) is 3. The molecule has 1 heterocycles. The Morgan fingerprint density at radius 1 is 1.22 bits per heavy atom. The van der Waals surface area contributed by atoms with Crippen molar-refractivity contribution in [3.8, 4) is 0 Å². The number of hydrogen-bond acceptors (Lipinski definition) is 4. The van der Waals surface area contributed by atoms with Crippen LogP contribution in [0, 0.1) is 11.8 Å². The molecule has 7 nitrogen and oxygen atoms in total. The Bertz CT molecular complexity index is 643. The molecule has 8 heteroatoms. The number of carbonyl (C=O) groups is 1. The Balaban J connectivity index is 1.99. The molecule has 0 aliphatic carbocycles. The van der Waals surface area contributed by atoms with Crippen molar-refractivity contribution in [2.45, 2.75) is 26.4 Å². The number of hydrogen-bond donors (Lipinski definition) is 3. The van der Waals surface area contributed by atoms with Gasteiger partial charge in [0.05, 0.1) is 12.0 Å². The van der Waals surface area contributed by atoms with Crippen molar-refractivity contribution >= 4 is 27.5 Å². The fourth-order valence-electron chi connectivity index (χ4n) is 2.61. The average molecular weight is 341 g/mol. The van der Waals surface area contributed by atoms with Crippen LogP contribution in [0.3, 0.4) is 0 Å². The molecule has 1 amide bonds. The Hall–Kier alpha value is -1.64. The number of amides is 1. The summed E-state index contributed by atoms with van der Waals surface area (Å²) in [5.41, 5.74) is 1.04. The summed E-state index contributed by atoms with van der Waals surface area (Å²) in [5.74, 6) is 0.0637. The summed E-state index contributed by atoms with van der Waals surface area (Å²) in [7, 11) is -2.22. The van der Waals surface area contributed by atoms with Crippen LogP contribution in [0.4, 0.5) is 11.4 Å². The summed E-state index contributed by atoms with van der Waals surface area (Å²) in [5, 5.41) is 2.86. The first kappa shape index (κ1) is 17.7. The van der Waals surface area contributed by atoms with Gasteiger partial charge in [0.1, 0.15) is 0 Å². The largest absolute Gasteiger partial charge is 0.377 e. The van der Waals surface area contributed by atoms with Crippen molar-refractivity contribution < 1.29 is 17.9 Å². The molecule has 0 unspecified atom stereocenters. The molecule has 1 aliphatic rings. The lowest BCUT2D eigenvalue weighted by atomic mass is 9.92. The van der Waals surface area contributed by atoms with Gasteiger partial charge in [-0.25, -0.2) is 4.72 Å². The van der Waals surface area contributed by atoms with E-state index in [9.17, 15) is 13.2 Å². The molecule has 1 aromatic rings. The van der Waals surface area contributed by atoms with Crippen LogP contribution >= 0.6 is 0 Å². The number of anilines is 2. The van der Waals surface area contributed by atoms with Crippen LogP contribution < -0.4 is 14.8 Å². The maximum atomic E-state index is 12.4. The van der Waals surface area contributed by atoms with Crippen molar-refractivity contribution in [1.29, 1.82) is 0 Å². The van der Waals surface area contributed by atoms with Gasteiger partial charge in [-0.05, 0) is 36.6 Å². The zero-order valence-electron chi connectivity index (χ0n) is 13.5. The highest BCUT2D eigenvalue weighted by Gasteiger charge is 2.35. The fraction of sp³-hybridized carbons (Fsp3) is 0.533. The molecular formula is C15H23N3O4S. The van der Waals surface area contributed by atoms with Gasteiger partial charge in [-0.2, -0.15) is 8.42 Å². The second-order valence-electron chi connectivity index (χ2n) is 5.85. The summed E-state index contributed by atoms with van der Waals surface area (Å²) in [6.45, 7) is 4.68. The quantitative estimate of drug-likeness (QED) is 0.731. The summed E-state index contributed by atoms with van der Waals surface area (Å²) < 4.78 is 32.9. The predicted molar refractivity (Wildman–Crippen MR) is 89.4 cm³/mol. The lowest BCUT2D eigenvalue weighted by Gasteiger charge is -2.21. The highest BCUT2D eigenvalue weighted by Crippen LogP contribution is 2.28. The first-order chi connectivity index (χ1) is 10.8. The van der Waals surface area contributed by atoms with Crippen LogP contribution in [-0.2, 0) is 19.7 Å². The van der Waals surface area contributed by atoms with Crippen molar-refractivity contribution in [1.82, 2.24) is 4.72 Å². The Morgan fingerprint density at radius 2 is 1.83 bits per heavy atom. The standard InChI is InChI=1S/C15H23N3O4S/c1-10(2)14-13(8-9-22-14)15(19)17-11-4-6-12(7-5-11)18-23(20,21)16-3/h4-7,10,13-14,16,18H,8-9H2,1-3H3,(H,17,19)/t13-,14+/m1/s1. The SMILES string of the molecule is CNS(=O)(=O)Nc1ccc(NC(=O)[C@@H]2CCO[C@H]2C(C)C)cc1. The summed E-state index contributed by atoms with van der Waals surface area (Å²) in [4.78, 5) is 12.4. The first-order valence-electron chi connectivity index (χ1n) is 7.56. The van der Waals surface area contributed by atoms with E-state index in [1.165, 1.54) is 7.05 Å². The molecule has 3 N–H and O–H groups in total. The number of benzene rings is 1. The first-order valence-corrected chi connectivity index (χ1v) is 9.04. The molecule has 0 spiro atoms. The molecule has 1 aromatic carbocycles. The number of rotatable bonds is 6. The third-order valence-electron chi connectivity index (χ3n) is 3.80. The Kier molecular flexibility index (Phi) is 5.61. The van der Waals surface area contributed by atoms with E-state index in [1.54, 1.807) is 24.3 Å². The van der Waals surface area contributed by atoms with Crippen LogP contribution in [0.15, 0.2) is 24.3 Å². The molecule has 23 heavy (non-hydrogen) atoms. The van der Waals surface area contributed by atoms with Gasteiger partial charge in [0.2, 0.25) is 5.91 Å². The van der Waals surface area contributed by atoms with Gasteiger partial charge in [0.25, 0.3) is 10.2 Å². The van der Waals surface area contributed by atoms with Crippen LogP contribution in [0.2, 0.25) is 0 Å². The molecule has 2 atom stereocenters. The van der Waals surface area contributed by atoms with E-state index in [1.807, 2.05) is 13.8 Å². The van der Waals surface area contributed by atoms with Gasteiger partial charge < -0.3 is 10.1 Å². The Labute approximate surface area is 137 Å². The van der Waals surface area contributed by atoms with Crippen molar-refractivity contribution in [2.75, 3.05) is 23.7 Å². The van der Waals surface area contributed by atoms with Gasteiger partial charge in [0, 0.05) is 25.0 Å². The smallest absolute Gasteiger partial charge is 0.298 e. The predicted octanol–water partition coefficient (Wildman–Crippen LogP) is 1.56. The minimum atomic E-state index is -3.54. The maximum absolute atomic E-state index is 12.4. The van der Waals surface area contributed by atoms with E-state index < -0.39 is 10.2 Å². The van der Waals surface area contributed by atoms with Crippen LogP contribution in [0.5, 0.6) is 0 Å². The van der Waals surface area contributed by atoms with Crippen LogP contribution in [0.25, 0.3) is 0 Å². The highest BCUT2D eigenvalue weighted by atomic mass is 32.2. The van der Waals surface area contributed by atoms with Crippen molar-refractivity contribution in [2.24, 2.45) is 11.8 Å². The number of ether oxygens (including phenoxy) is 1. The zero-order valence-corrected chi connectivity index (χ0v) is 14.3. The van der Waals surface area contributed by atoms with Crippen molar-refractivity contribution in [3.63, 3.8) is 0 Å². The topological polar surface area (TPSA) is 96.5 Å². The van der Waals surface area contributed by atoms with Gasteiger partial charge in [-0.1, -0.05) is 13.8 Å². The second-order valence-corrected chi connectivity index (χ2v) is 7.47. The second kappa shape index (κ2) is 7.29. The molecule has 0 aromatic heterocycles. The highest BCUT2D eigenvalue weighted by molar-refractivity contribution is 7.90. The monoisotopic (exact) mass is 341 g/mol. The summed E-state index contributed by atoms with van der Waals surface area (Å²) in [6, 6.07) is 6.50. The minimum Gasteiger partial charge on any atom is -0.377 e. The summed E-state index contributed by atoms with van der Waals surface area (Å²) in [6.07, 6.45) is 0.658. The van der Waals surface area contributed by atoms with Crippen LogP contribution in [0.1, 0.15) is 20.3 Å².